The number of nitrogens with zero attached hydrogens (tertiary/aromatic N) is 6. The van der Waals surface area contributed by atoms with Gasteiger partial charge in [-0.3, -0.25) is 9.69 Å². The molecule has 2 aliphatic heterocycles. The van der Waals surface area contributed by atoms with Crippen molar-refractivity contribution in [2.75, 3.05) is 46.4 Å². The molecule has 0 unspecified atom stereocenters. The van der Waals surface area contributed by atoms with E-state index in [1.54, 1.807) is 22.9 Å². The van der Waals surface area contributed by atoms with Gasteiger partial charge in [0.2, 0.25) is 0 Å². The number of halogens is 1. The Bertz CT molecular complexity index is 1440. The number of nitrogens with one attached hydrogen (secondary N) is 1. The lowest BCUT2D eigenvalue weighted by atomic mass is 10.0. The van der Waals surface area contributed by atoms with Gasteiger partial charge in [0, 0.05) is 43.2 Å². The van der Waals surface area contributed by atoms with Crippen molar-refractivity contribution in [2.24, 2.45) is 0 Å². The van der Waals surface area contributed by atoms with Crippen LogP contribution >= 0.6 is 0 Å². The van der Waals surface area contributed by atoms with Crippen molar-refractivity contribution in [3.63, 3.8) is 0 Å². The van der Waals surface area contributed by atoms with Gasteiger partial charge in [0.15, 0.2) is 17.3 Å². The Labute approximate surface area is 206 Å². The van der Waals surface area contributed by atoms with Crippen molar-refractivity contribution in [3.8, 4) is 11.5 Å². The highest BCUT2D eigenvalue weighted by Gasteiger charge is 2.32. The zero-order chi connectivity index (χ0) is 24.6. The van der Waals surface area contributed by atoms with Gasteiger partial charge in [0.05, 0.1) is 12.1 Å². The molecule has 1 atom stereocenters. The summed E-state index contributed by atoms with van der Waals surface area (Å²) in [6.45, 7) is 4.55. The maximum atomic E-state index is 13.5. The first-order chi connectivity index (χ1) is 17.5. The summed E-state index contributed by atoms with van der Waals surface area (Å²) in [4.78, 5) is 21.0. The minimum absolute atomic E-state index is 0.209. The van der Waals surface area contributed by atoms with Crippen LogP contribution in [0.2, 0.25) is 0 Å². The fraction of sp³-hybridized carbons (Fsp3) is 0.360. The Morgan fingerprint density at radius 2 is 1.75 bits per heavy atom. The normalized spacial score (nSPS) is 17.4. The second kappa shape index (κ2) is 9.32. The van der Waals surface area contributed by atoms with E-state index >= 15 is 0 Å². The van der Waals surface area contributed by atoms with E-state index in [4.69, 9.17) is 9.47 Å². The number of fused-ring (bicyclic) bond motifs is 2. The van der Waals surface area contributed by atoms with Gasteiger partial charge in [-0.05, 0) is 47.3 Å². The molecule has 0 radical (unpaired) electrons. The largest absolute Gasteiger partial charge is 0.486 e. The molecule has 0 spiro atoms. The molecule has 0 bridgehead atoms. The first kappa shape index (κ1) is 22.6. The van der Waals surface area contributed by atoms with Crippen LogP contribution in [0.4, 0.5) is 4.39 Å². The van der Waals surface area contributed by atoms with Gasteiger partial charge in [-0.2, -0.15) is 0 Å². The number of ether oxygens (including phenoxy) is 2. The molecule has 1 N–H and O–H groups in total. The predicted molar refractivity (Wildman–Crippen MR) is 130 cm³/mol. The number of aromatic nitrogens is 5. The number of piperazine rings is 1. The topological polar surface area (TPSA) is 101 Å². The van der Waals surface area contributed by atoms with Gasteiger partial charge in [0.1, 0.15) is 25.1 Å². The Morgan fingerprint density at radius 1 is 1.03 bits per heavy atom. The zero-order valence-electron chi connectivity index (χ0n) is 19.9. The van der Waals surface area contributed by atoms with E-state index < -0.39 is 6.04 Å². The molecule has 2 aromatic heterocycles. The molecule has 186 valence electrons. The smallest absolute Gasteiger partial charge is 0.253 e. The van der Waals surface area contributed by atoms with Crippen LogP contribution in [0.25, 0.3) is 10.9 Å². The van der Waals surface area contributed by atoms with Gasteiger partial charge in [-0.15, -0.1) is 5.10 Å². The summed E-state index contributed by atoms with van der Waals surface area (Å²) in [5.74, 6) is 1.54. The Morgan fingerprint density at radius 3 is 2.50 bits per heavy atom. The van der Waals surface area contributed by atoms with Crippen LogP contribution < -0.4 is 15.0 Å². The van der Waals surface area contributed by atoms with Gasteiger partial charge in [-0.25, -0.2) is 9.07 Å². The number of H-pyrrole nitrogens is 1. The number of likely N-dealkylation sites (N-methyl/N-ethyl adjacent to an activating group) is 1. The van der Waals surface area contributed by atoms with E-state index in [9.17, 15) is 9.18 Å². The van der Waals surface area contributed by atoms with Crippen molar-refractivity contribution in [1.82, 2.24) is 35.0 Å². The molecule has 4 heterocycles. The van der Waals surface area contributed by atoms with E-state index in [0.29, 0.717) is 48.2 Å². The molecule has 2 aromatic carbocycles. The molecule has 36 heavy (non-hydrogen) atoms. The van der Waals surface area contributed by atoms with Gasteiger partial charge < -0.3 is 19.4 Å². The van der Waals surface area contributed by atoms with Gasteiger partial charge in [-0.1, -0.05) is 12.1 Å². The number of aromatic amines is 1. The van der Waals surface area contributed by atoms with Crippen LogP contribution in [0.1, 0.15) is 23.0 Å². The molecule has 6 rings (SSSR count). The number of benzene rings is 2. The molecule has 4 aromatic rings. The lowest BCUT2D eigenvalue weighted by Gasteiger charge is -2.37. The van der Waals surface area contributed by atoms with E-state index in [1.165, 1.54) is 12.1 Å². The number of pyridine rings is 1. The van der Waals surface area contributed by atoms with E-state index in [-0.39, 0.29) is 11.4 Å². The molecule has 2 aliphatic rings. The van der Waals surface area contributed by atoms with E-state index in [0.717, 1.165) is 37.1 Å². The first-order valence-corrected chi connectivity index (χ1v) is 11.9. The lowest BCUT2D eigenvalue weighted by molar-refractivity contribution is 0.121. The third-order valence-electron chi connectivity index (χ3n) is 6.78. The Hall–Kier alpha value is -3.83. The third-order valence-corrected chi connectivity index (χ3v) is 6.78. The van der Waals surface area contributed by atoms with Crippen LogP contribution in [0, 0.1) is 5.82 Å². The van der Waals surface area contributed by atoms with Crippen molar-refractivity contribution >= 4 is 10.9 Å². The van der Waals surface area contributed by atoms with Crippen LogP contribution in [0.3, 0.4) is 0 Å². The number of hydrogen-bond donors (Lipinski definition) is 1. The third kappa shape index (κ3) is 4.31. The second-order valence-corrected chi connectivity index (χ2v) is 9.20. The summed E-state index contributed by atoms with van der Waals surface area (Å²) >= 11 is 0. The maximum Gasteiger partial charge on any atom is 0.253 e. The van der Waals surface area contributed by atoms with Crippen LogP contribution in [-0.2, 0) is 6.54 Å². The minimum Gasteiger partial charge on any atom is -0.486 e. The maximum absolute atomic E-state index is 13.5. The highest BCUT2D eigenvalue weighted by Crippen LogP contribution is 2.35. The zero-order valence-corrected chi connectivity index (χ0v) is 19.9. The van der Waals surface area contributed by atoms with Crippen LogP contribution in [0.5, 0.6) is 11.5 Å². The summed E-state index contributed by atoms with van der Waals surface area (Å²) in [6.07, 6.45) is 0. The van der Waals surface area contributed by atoms with E-state index in [2.05, 4.69) is 37.4 Å². The van der Waals surface area contributed by atoms with Crippen LogP contribution in [0.15, 0.2) is 47.3 Å². The van der Waals surface area contributed by atoms with Gasteiger partial charge in [0.25, 0.3) is 5.56 Å². The molecule has 11 heteroatoms. The standard InChI is InChI=1S/C25H26FN7O3/c1-31-6-8-32(9-7-31)23(24-28-29-30-33(24)15-16-2-4-18(26)5-3-16)19-12-17-13-21-22(36-11-10-35-21)14-20(17)27-25(19)34/h2-5,12-14,23H,6-11,15H2,1H3,(H,27,34)/t23-/m0/s1. The summed E-state index contributed by atoms with van der Waals surface area (Å²) in [5, 5.41) is 13.4. The Kier molecular flexibility index (Phi) is 5.86. The summed E-state index contributed by atoms with van der Waals surface area (Å²) in [7, 11) is 2.08. The van der Waals surface area contributed by atoms with Crippen molar-refractivity contribution in [1.29, 1.82) is 0 Å². The number of rotatable bonds is 5. The van der Waals surface area contributed by atoms with E-state index in [1.807, 2.05) is 12.1 Å². The molecule has 1 fully saturated rings. The average Bonchev–Trinajstić information content (AvgIpc) is 3.33. The fourth-order valence-electron chi connectivity index (χ4n) is 4.82. The molecule has 0 aliphatic carbocycles. The lowest BCUT2D eigenvalue weighted by Crippen LogP contribution is -2.47. The summed E-state index contributed by atoms with van der Waals surface area (Å²) in [5.41, 5.74) is 1.88. The molecular weight excluding hydrogens is 465 g/mol. The SMILES string of the molecule is CN1CCN([C@@H](c2cc3cc4c(cc3[nH]c2=O)OCCO4)c2nnnn2Cc2ccc(F)cc2)CC1. The van der Waals surface area contributed by atoms with Crippen molar-refractivity contribution in [3.05, 3.63) is 75.6 Å². The van der Waals surface area contributed by atoms with Gasteiger partial charge >= 0.3 is 0 Å². The summed E-state index contributed by atoms with van der Waals surface area (Å²) in [6, 6.07) is 11.4. The quantitative estimate of drug-likeness (QED) is 0.451. The van der Waals surface area contributed by atoms with Crippen molar-refractivity contribution < 1.29 is 13.9 Å². The number of hydrogen-bond acceptors (Lipinski definition) is 8. The molecular formula is C25H26FN7O3. The highest BCUT2D eigenvalue weighted by atomic mass is 19.1. The van der Waals surface area contributed by atoms with Crippen molar-refractivity contribution in [2.45, 2.75) is 12.6 Å². The summed E-state index contributed by atoms with van der Waals surface area (Å²) < 4.78 is 26.6. The average molecular weight is 492 g/mol. The molecule has 0 saturated carbocycles. The monoisotopic (exact) mass is 491 g/mol. The fourth-order valence-corrected chi connectivity index (χ4v) is 4.82. The predicted octanol–water partition coefficient (Wildman–Crippen LogP) is 1.81. The highest BCUT2D eigenvalue weighted by molar-refractivity contribution is 5.83. The number of tetrazole rings is 1. The minimum atomic E-state index is -0.463. The van der Waals surface area contributed by atoms with Crippen LogP contribution in [-0.4, -0.2) is 81.4 Å². The second-order valence-electron chi connectivity index (χ2n) is 9.20. The first-order valence-electron chi connectivity index (χ1n) is 11.9. The molecule has 1 saturated heterocycles. The molecule has 10 nitrogen and oxygen atoms in total. The Balaban J connectivity index is 1.44. The molecule has 0 amide bonds.